The van der Waals surface area contributed by atoms with E-state index in [1.807, 2.05) is 0 Å². The Morgan fingerprint density at radius 1 is 1.50 bits per heavy atom. The van der Waals surface area contributed by atoms with Crippen molar-refractivity contribution < 1.29 is 13.2 Å². The van der Waals surface area contributed by atoms with Crippen LogP contribution in [-0.4, -0.2) is 24.2 Å². The topological polar surface area (TPSA) is 42.1 Å². The van der Waals surface area contributed by atoms with Crippen molar-refractivity contribution in [1.29, 1.82) is 0 Å². The van der Waals surface area contributed by atoms with E-state index < -0.39 is 12.1 Å². The van der Waals surface area contributed by atoms with Gasteiger partial charge in [-0.05, 0) is 12.8 Å². The molecule has 0 saturated carbocycles. The Kier molecular flexibility index (Phi) is 2.96. The largest absolute Gasteiger partial charge is 0.393 e. The van der Waals surface area contributed by atoms with Gasteiger partial charge in [-0.3, -0.25) is 0 Å². The molecule has 16 heavy (non-hydrogen) atoms. The molecule has 1 aliphatic heterocycles. The second kappa shape index (κ2) is 4.12. The van der Waals surface area contributed by atoms with E-state index in [0.717, 1.165) is 0 Å². The molecule has 1 saturated heterocycles. The Morgan fingerprint density at radius 3 is 2.81 bits per heavy atom. The molecule has 1 fully saturated rings. The van der Waals surface area contributed by atoms with Gasteiger partial charge in [0.2, 0.25) is 0 Å². The van der Waals surface area contributed by atoms with Gasteiger partial charge < -0.3 is 10.6 Å². The monoisotopic (exact) mass is 251 g/mol. The van der Waals surface area contributed by atoms with Crippen LogP contribution in [0, 0.1) is 5.92 Å². The zero-order valence-electron chi connectivity index (χ0n) is 8.50. The quantitative estimate of drug-likeness (QED) is 0.833. The zero-order valence-corrected chi connectivity index (χ0v) is 9.31. The highest BCUT2D eigenvalue weighted by Gasteiger charge is 2.42. The second-order valence-corrected chi connectivity index (χ2v) is 4.91. The maximum Gasteiger partial charge on any atom is 0.393 e. The number of aromatic nitrogens is 1. The third-order valence-corrected chi connectivity index (χ3v) is 3.55. The lowest BCUT2D eigenvalue weighted by Crippen LogP contribution is -2.41. The molecule has 1 unspecified atom stereocenters. The number of hydrogen-bond donors (Lipinski definition) is 1. The normalized spacial score (nSPS) is 22.4. The molecule has 1 aliphatic rings. The van der Waals surface area contributed by atoms with Gasteiger partial charge in [0.1, 0.15) is 5.00 Å². The van der Waals surface area contributed by atoms with Gasteiger partial charge in [-0.25, -0.2) is 4.98 Å². The van der Waals surface area contributed by atoms with Crippen LogP contribution in [0.1, 0.15) is 12.8 Å². The molecule has 0 aliphatic carbocycles. The van der Waals surface area contributed by atoms with E-state index in [-0.39, 0.29) is 13.0 Å². The molecule has 90 valence electrons. The van der Waals surface area contributed by atoms with Gasteiger partial charge in [0, 0.05) is 13.1 Å². The lowest BCUT2D eigenvalue weighted by atomic mass is 9.98. The molecule has 2 N–H and O–H groups in total. The first-order chi connectivity index (χ1) is 7.47. The molecule has 1 atom stereocenters. The second-order valence-electron chi connectivity index (χ2n) is 3.87. The third kappa shape index (κ3) is 2.40. The summed E-state index contributed by atoms with van der Waals surface area (Å²) in [5, 5.41) is 1.12. The van der Waals surface area contributed by atoms with Crippen LogP contribution in [0.5, 0.6) is 0 Å². The van der Waals surface area contributed by atoms with E-state index in [1.54, 1.807) is 4.90 Å². The molecule has 0 amide bonds. The van der Waals surface area contributed by atoms with Gasteiger partial charge in [-0.1, -0.05) is 11.3 Å². The molecule has 3 nitrogen and oxygen atoms in total. The Bertz CT molecular complexity index is 363. The predicted molar refractivity (Wildman–Crippen MR) is 57.5 cm³/mol. The first-order valence-electron chi connectivity index (χ1n) is 5.00. The Labute approximate surface area is 95.1 Å². The van der Waals surface area contributed by atoms with Gasteiger partial charge in [0.25, 0.3) is 0 Å². The molecule has 1 aromatic rings. The highest BCUT2D eigenvalue weighted by atomic mass is 32.1. The lowest BCUT2D eigenvalue weighted by Gasteiger charge is -2.33. The van der Waals surface area contributed by atoms with Crippen LogP contribution in [0.2, 0.25) is 0 Å². The molecule has 2 heterocycles. The van der Waals surface area contributed by atoms with E-state index in [4.69, 9.17) is 5.73 Å². The number of thiazole rings is 1. The van der Waals surface area contributed by atoms with Gasteiger partial charge in [0.05, 0.1) is 12.1 Å². The summed E-state index contributed by atoms with van der Waals surface area (Å²) in [5.41, 5.74) is 5.51. The minimum absolute atomic E-state index is 0.00352. The van der Waals surface area contributed by atoms with Crippen LogP contribution in [0.3, 0.4) is 0 Å². The fraction of sp³-hybridized carbons (Fsp3) is 0.667. The predicted octanol–water partition coefficient (Wildman–Crippen LogP) is 2.50. The van der Waals surface area contributed by atoms with Crippen molar-refractivity contribution in [2.24, 2.45) is 5.92 Å². The average Bonchev–Trinajstić information content (AvgIpc) is 2.64. The van der Waals surface area contributed by atoms with E-state index in [1.165, 1.54) is 17.5 Å². The number of anilines is 2. The molecule has 0 bridgehead atoms. The summed E-state index contributed by atoms with van der Waals surface area (Å²) in [7, 11) is 0. The number of hydrogen-bond acceptors (Lipinski definition) is 4. The number of piperidine rings is 1. The highest BCUT2D eigenvalue weighted by Crippen LogP contribution is 2.36. The molecule has 2 rings (SSSR count). The Morgan fingerprint density at radius 2 is 2.25 bits per heavy atom. The molecule has 0 radical (unpaired) electrons. The molecule has 0 spiro atoms. The van der Waals surface area contributed by atoms with Crippen molar-refractivity contribution in [3.8, 4) is 0 Å². The Hall–Kier alpha value is -0.980. The van der Waals surface area contributed by atoms with E-state index in [9.17, 15) is 13.2 Å². The summed E-state index contributed by atoms with van der Waals surface area (Å²) in [5.74, 6) is -1.24. The minimum atomic E-state index is -4.11. The number of nitrogens with two attached hydrogens (primary N) is 1. The third-order valence-electron chi connectivity index (χ3n) is 2.67. The number of halogens is 3. The van der Waals surface area contributed by atoms with E-state index in [0.29, 0.717) is 23.1 Å². The van der Waals surface area contributed by atoms with Crippen molar-refractivity contribution in [3.05, 3.63) is 6.20 Å². The van der Waals surface area contributed by atoms with Crippen LogP contribution in [0.4, 0.5) is 23.3 Å². The summed E-state index contributed by atoms with van der Waals surface area (Å²) < 4.78 is 37.7. The number of rotatable bonds is 1. The van der Waals surface area contributed by atoms with Gasteiger partial charge in [-0.15, -0.1) is 0 Å². The van der Waals surface area contributed by atoms with Crippen LogP contribution in [0.15, 0.2) is 6.20 Å². The smallest absolute Gasteiger partial charge is 0.389 e. The molecular weight excluding hydrogens is 239 g/mol. The van der Waals surface area contributed by atoms with Crippen molar-refractivity contribution >= 4 is 21.5 Å². The van der Waals surface area contributed by atoms with Gasteiger partial charge in [0.15, 0.2) is 5.13 Å². The van der Waals surface area contributed by atoms with E-state index >= 15 is 0 Å². The molecular formula is C9H12F3N3S. The van der Waals surface area contributed by atoms with Crippen molar-refractivity contribution in [3.63, 3.8) is 0 Å². The van der Waals surface area contributed by atoms with Gasteiger partial charge >= 0.3 is 6.18 Å². The highest BCUT2D eigenvalue weighted by molar-refractivity contribution is 7.19. The fourth-order valence-corrected chi connectivity index (χ4v) is 2.56. The first-order valence-corrected chi connectivity index (χ1v) is 5.81. The summed E-state index contributed by atoms with van der Waals surface area (Å²) in [6.07, 6.45) is -1.87. The maximum absolute atomic E-state index is 12.6. The first kappa shape index (κ1) is 11.5. The van der Waals surface area contributed by atoms with Crippen LogP contribution >= 0.6 is 11.3 Å². The van der Waals surface area contributed by atoms with Crippen LogP contribution in [-0.2, 0) is 0 Å². The number of alkyl halides is 3. The molecule has 1 aromatic heterocycles. The minimum Gasteiger partial charge on any atom is -0.389 e. The van der Waals surface area contributed by atoms with Crippen molar-refractivity contribution in [1.82, 2.24) is 4.98 Å². The molecule has 7 heteroatoms. The van der Waals surface area contributed by atoms with Crippen molar-refractivity contribution in [2.75, 3.05) is 23.7 Å². The summed E-state index contributed by atoms with van der Waals surface area (Å²) in [6, 6.07) is 0. The van der Waals surface area contributed by atoms with Gasteiger partial charge in [-0.2, -0.15) is 13.2 Å². The summed E-state index contributed by atoms with van der Waals surface area (Å²) >= 11 is 1.23. The Balaban J connectivity index is 2.07. The van der Waals surface area contributed by atoms with Crippen LogP contribution in [0.25, 0.3) is 0 Å². The average molecular weight is 251 g/mol. The number of nitrogen functional groups attached to an aromatic ring is 1. The van der Waals surface area contributed by atoms with Crippen molar-refractivity contribution in [2.45, 2.75) is 19.0 Å². The SMILES string of the molecule is Nc1cnc(N2CCCC(C(F)(F)F)C2)s1. The zero-order chi connectivity index (χ0) is 11.8. The standard InChI is InChI=1S/C9H12F3N3S/c10-9(11,12)6-2-1-3-15(5-6)8-14-4-7(13)16-8/h4,6H,1-3,5,13H2. The summed E-state index contributed by atoms with van der Waals surface area (Å²) in [6.45, 7) is 0.621. The number of nitrogens with zero attached hydrogens (tertiary/aromatic N) is 2. The van der Waals surface area contributed by atoms with Crippen LogP contribution < -0.4 is 10.6 Å². The fourth-order valence-electron chi connectivity index (χ4n) is 1.84. The summed E-state index contributed by atoms with van der Waals surface area (Å²) in [4.78, 5) is 5.68. The lowest BCUT2D eigenvalue weighted by molar-refractivity contribution is -0.175. The maximum atomic E-state index is 12.6. The van der Waals surface area contributed by atoms with E-state index in [2.05, 4.69) is 4.98 Å². The molecule has 0 aromatic carbocycles.